The first kappa shape index (κ1) is 11.8. The maximum atomic E-state index is 13.0. The van der Waals surface area contributed by atoms with Crippen molar-refractivity contribution in [2.45, 2.75) is 6.61 Å². The van der Waals surface area contributed by atoms with Gasteiger partial charge in [0.05, 0.1) is 10.2 Å². The standard InChI is InChI=1S/C10H10BrFN4O/c1-16-9(14-5-15-16)4-17-10-7(11)2-6(12)3-8(10)13/h2-3,5H,4,13H2,1H3. The van der Waals surface area contributed by atoms with Gasteiger partial charge in [-0.2, -0.15) is 5.10 Å². The van der Waals surface area contributed by atoms with Crippen molar-refractivity contribution in [2.24, 2.45) is 7.05 Å². The number of nitrogens with zero attached hydrogens (tertiary/aromatic N) is 3. The first-order valence-corrected chi connectivity index (χ1v) is 5.57. The molecule has 1 aromatic heterocycles. The Labute approximate surface area is 106 Å². The van der Waals surface area contributed by atoms with E-state index in [0.29, 0.717) is 16.0 Å². The molecule has 2 N–H and O–H groups in total. The van der Waals surface area contributed by atoms with Crippen molar-refractivity contribution in [1.29, 1.82) is 0 Å². The Morgan fingerprint density at radius 3 is 2.88 bits per heavy atom. The zero-order valence-electron chi connectivity index (χ0n) is 9.02. The second-order valence-corrected chi connectivity index (χ2v) is 4.25. The summed E-state index contributed by atoms with van der Waals surface area (Å²) in [5, 5.41) is 3.91. The van der Waals surface area contributed by atoms with E-state index in [9.17, 15) is 4.39 Å². The summed E-state index contributed by atoms with van der Waals surface area (Å²) < 4.78 is 20.5. The number of nitrogen functional groups attached to an aromatic ring is 1. The van der Waals surface area contributed by atoms with Crippen molar-refractivity contribution in [3.8, 4) is 5.75 Å². The highest BCUT2D eigenvalue weighted by molar-refractivity contribution is 9.10. The Balaban J connectivity index is 2.17. The van der Waals surface area contributed by atoms with Gasteiger partial charge in [-0.05, 0) is 22.0 Å². The number of ether oxygens (including phenoxy) is 1. The lowest BCUT2D eigenvalue weighted by molar-refractivity contribution is 0.289. The number of aromatic nitrogens is 3. The Kier molecular flexibility index (Phi) is 3.28. The van der Waals surface area contributed by atoms with Gasteiger partial charge >= 0.3 is 0 Å². The van der Waals surface area contributed by atoms with E-state index in [4.69, 9.17) is 10.5 Å². The van der Waals surface area contributed by atoms with Gasteiger partial charge in [-0.15, -0.1) is 0 Å². The molecule has 1 aromatic carbocycles. The number of nitrogens with two attached hydrogens (primary N) is 1. The molecule has 1 heterocycles. The SMILES string of the molecule is Cn1ncnc1COc1c(N)cc(F)cc1Br. The highest BCUT2D eigenvalue weighted by Gasteiger charge is 2.10. The molecule has 2 rings (SSSR count). The number of benzene rings is 1. The van der Waals surface area contributed by atoms with Gasteiger partial charge in [-0.1, -0.05) is 0 Å². The molecule has 5 nitrogen and oxygen atoms in total. The number of hydrogen-bond acceptors (Lipinski definition) is 4. The molecule has 0 saturated heterocycles. The third-order valence-electron chi connectivity index (χ3n) is 2.19. The monoisotopic (exact) mass is 300 g/mol. The van der Waals surface area contributed by atoms with Crippen molar-refractivity contribution in [2.75, 3.05) is 5.73 Å². The molecule has 0 amide bonds. The molecule has 0 unspecified atom stereocenters. The molecule has 0 aliphatic carbocycles. The maximum absolute atomic E-state index is 13.0. The first-order valence-electron chi connectivity index (χ1n) is 4.78. The molecule has 90 valence electrons. The van der Waals surface area contributed by atoms with Gasteiger partial charge < -0.3 is 10.5 Å². The Morgan fingerprint density at radius 2 is 2.29 bits per heavy atom. The van der Waals surface area contributed by atoms with E-state index in [1.54, 1.807) is 11.7 Å². The molecule has 0 aliphatic heterocycles. The van der Waals surface area contributed by atoms with Crippen molar-refractivity contribution < 1.29 is 9.13 Å². The fraction of sp³-hybridized carbons (Fsp3) is 0.200. The Hall–Kier alpha value is -1.63. The van der Waals surface area contributed by atoms with Crippen LogP contribution in [0.15, 0.2) is 22.9 Å². The molecule has 0 radical (unpaired) electrons. The molecule has 2 aromatic rings. The van der Waals surface area contributed by atoms with Crippen LogP contribution >= 0.6 is 15.9 Å². The number of halogens is 2. The fourth-order valence-electron chi connectivity index (χ4n) is 1.32. The van der Waals surface area contributed by atoms with Crippen LogP contribution < -0.4 is 10.5 Å². The van der Waals surface area contributed by atoms with Crippen molar-refractivity contribution >= 4 is 21.6 Å². The fourth-order valence-corrected chi connectivity index (χ4v) is 1.88. The predicted octanol–water partition coefficient (Wildman–Crippen LogP) is 1.88. The van der Waals surface area contributed by atoms with Crippen molar-refractivity contribution in [3.63, 3.8) is 0 Å². The summed E-state index contributed by atoms with van der Waals surface area (Å²) in [6.07, 6.45) is 1.43. The minimum atomic E-state index is -0.416. The summed E-state index contributed by atoms with van der Waals surface area (Å²) in [5.74, 6) is 0.635. The molecule has 17 heavy (non-hydrogen) atoms. The van der Waals surface area contributed by atoms with Crippen LogP contribution in [0.5, 0.6) is 5.75 Å². The molecule has 0 bridgehead atoms. The van der Waals surface area contributed by atoms with E-state index in [-0.39, 0.29) is 12.3 Å². The smallest absolute Gasteiger partial charge is 0.164 e. The molecule has 7 heteroatoms. The minimum absolute atomic E-state index is 0.213. The van der Waals surface area contributed by atoms with E-state index >= 15 is 0 Å². The van der Waals surface area contributed by atoms with Gasteiger partial charge in [0.1, 0.15) is 18.8 Å². The second kappa shape index (κ2) is 4.70. The lowest BCUT2D eigenvalue weighted by atomic mass is 10.3. The lowest BCUT2D eigenvalue weighted by Gasteiger charge is -2.10. The summed E-state index contributed by atoms with van der Waals surface area (Å²) in [7, 11) is 1.76. The third-order valence-corrected chi connectivity index (χ3v) is 2.78. The van der Waals surface area contributed by atoms with Crippen LogP contribution in [-0.2, 0) is 13.7 Å². The van der Waals surface area contributed by atoms with E-state index in [1.165, 1.54) is 18.5 Å². The van der Waals surface area contributed by atoms with Crippen molar-refractivity contribution in [1.82, 2.24) is 14.8 Å². The topological polar surface area (TPSA) is 66.0 Å². The van der Waals surface area contributed by atoms with Crippen LogP contribution in [-0.4, -0.2) is 14.8 Å². The predicted molar refractivity (Wildman–Crippen MR) is 63.8 cm³/mol. The van der Waals surface area contributed by atoms with E-state index in [2.05, 4.69) is 26.0 Å². The van der Waals surface area contributed by atoms with Crippen LogP contribution in [0.25, 0.3) is 0 Å². The van der Waals surface area contributed by atoms with Crippen LogP contribution in [0.2, 0.25) is 0 Å². The van der Waals surface area contributed by atoms with Gasteiger partial charge in [-0.3, -0.25) is 4.68 Å². The summed E-state index contributed by atoms with van der Waals surface area (Å²) in [6, 6.07) is 2.50. The third kappa shape index (κ3) is 2.55. The Bertz CT molecular complexity index is 520. The summed E-state index contributed by atoms with van der Waals surface area (Å²) >= 11 is 3.19. The van der Waals surface area contributed by atoms with E-state index < -0.39 is 5.82 Å². The molecule has 0 fully saturated rings. The second-order valence-electron chi connectivity index (χ2n) is 3.39. The van der Waals surface area contributed by atoms with E-state index in [1.807, 2.05) is 0 Å². The zero-order valence-corrected chi connectivity index (χ0v) is 10.6. The number of hydrogen-bond donors (Lipinski definition) is 1. The number of anilines is 1. The van der Waals surface area contributed by atoms with E-state index in [0.717, 1.165) is 0 Å². The molecule has 0 atom stereocenters. The highest BCUT2D eigenvalue weighted by Crippen LogP contribution is 2.32. The summed E-state index contributed by atoms with van der Waals surface area (Å²) in [4.78, 5) is 4.00. The van der Waals surface area contributed by atoms with Gasteiger partial charge in [0, 0.05) is 13.1 Å². The largest absolute Gasteiger partial charge is 0.482 e. The maximum Gasteiger partial charge on any atom is 0.164 e. The van der Waals surface area contributed by atoms with Gasteiger partial charge in [0.2, 0.25) is 0 Å². The molecule has 0 saturated carbocycles. The average Bonchev–Trinajstić information content (AvgIpc) is 2.62. The van der Waals surface area contributed by atoms with Crippen LogP contribution in [0, 0.1) is 5.82 Å². The lowest BCUT2D eigenvalue weighted by Crippen LogP contribution is -2.06. The van der Waals surface area contributed by atoms with Gasteiger partial charge in [-0.25, -0.2) is 9.37 Å². The minimum Gasteiger partial charge on any atom is -0.482 e. The molecule has 0 spiro atoms. The molecule has 0 aliphatic rings. The average molecular weight is 301 g/mol. The van der Waals surface area contributed by atoms with Crippen LogP contribution in [0.4, 0.5) is 10.1 Å². The number of rotatable bonds is 3. The summed E-state index contributed by atoms with van der Waals surface area (Å²) in [6.45, 7) is 0.213. The summed E-state index contributed by atoms with van der Waals surface area (Å²) in [5.41, 5.74) is 5.90. The number of aryl methyl sites for hydroxylation is 1. The van der Waals surface area contributed by atoms with Gasteiger partial charge in [0.15, 0.2) is 11.6 Å². The van der Waals surface area contributed by atoms with Gasteiger partial charge in [0.25, 0.3) is 0 Å². The molecular formula is C10H10BrFN4O. The molecular weight excluding hydrogens is 291 g/mol. The quantitative estimate of drug-likeness (QED) is 0.879. The first-order chi connectivity index (χ1) is 8.08. The zero-order chi connectivity index (χ0) is 12.4. The highest BCUT2D eigenvalue weighted by atomic mass is 79.9. The van der Waals surface area contributed by atoms with Crippen molar-refractivity contribution in [3.05, 3.63) is 34.6 Å². The van der Waals surface area contributed by atoms with Crippen LogP contribution in [0.1, 0.15) is 5.82 Å². The normalized spacial score (nSPS) is 10.5. The van der Waals surface area contributed by atoms with Crippen LogP contribution in [0.3, 0.4) is 0 Å². The Morgan fingerprint density at radius 1 is 1.53 bits per heavy atom.